The molecule has 2 rings (SSSR count). The average Bonchev–Trinajstić information content (AvgIpc) is 2.71. The number of nitrogens with one attached hydrogen (secondary N) is 1. The van der Waals surface area contributed by atoms with Gasteiger partial charge in [0.2, 0.25) is 0 Å². The van der Waals surface area contributed by atoms with Gasteiger partial charge >= 0.3 is 0 Å². The molecule has 0 saturated carbocycles. The predicted molar refractivity (Wildman–Crippen MR) is 58.7 cm³/mol. The van der Waals surface area contributed by atoms with Gasteiger partial charge in [-0.15, -0.1) is 12.4 Å². The maximum Gasteiger partial charge on any atom is 0.259 e. The molecule has 0 aromatic carbocycles. The van der Waals surface area contributed by atoms with Gasteiger partial charge in [-0.05, 0) is 19.9 Å². The number of nitrogens with two attached hydrogens (primary N) is 1. The van der Waals surface area contributed by atoms with Crippen molar-refractivity contribution in [3.8, 4) is 11.5 Å². The average molecular weight is 229 g/mol. The molecule has 2 heterocycles. The summed E-state index contributed by atoms with van der Waals surface area (Å²) in [7, 11) is 0. The molecule has 0 bridgehead atoms. The fraction of sp³-hybridized carbons (Fsp3) is 0.333. The van der Waals surface area contributed by atoms with E-state index in [-0.39, 0.29) is 12.4 Å². The number of halogens is 1. The van der Waals surface area contributed by atoms with E-state index in [2.05, 4.69) is 15.1 Å². The highest BCUT2D eigenvalue weighted by Crippen LogP contribution is 2.22. The van der Waals surface area contributed by atoms with Crippen LogP contribution in [-0.4, -0.2) is 15.1 Å². The third-order valence-corrected chi connectivity index (χ3v) is 2.03. The number of H-pyrrole nitrogens is 1. The lowest BCUT2D eigenvalue weighted by molar-refractivity contribution is 0.422. The molecule has 0 amide bonds. The highest BCUT2D eigenvalue weighted by Gasteiger charge is 2.11. The van der Waals surface area contributed by atoms with Gasteiger partial charge < -0.3 is 15.2 Å². The second-order valence-electron chi connectivity index (χ2n) is 3.21. The smallest absolute Gasteiger partial charge is 0.259 e. The fourth-order valence-electron chi connectivity index (χ4n) is 1.39. The Morgan fingerprint density at radius 1 is 1.47 bits per heavy atom. The summed E-state index contributed by atoms with van der Waals surface area (Å²) >= 11 is 0. The van der Waals surface area contributed by atoms with Crippen molar-refractivity contribution in [1.82, 2.24) is 15.1 Å². The number of hydrogen-bond donors (Lipinski definition) is 2. The third-order valence-electron chi connectivity index (χ3n) is 2.03. The molecule has 0 aliphatic heterocycles. The Morgan fingerprint density at radius 2 is 2.20 bits per heavy atom. The Bertz CT molecular complexity index is 449. The highest BCUT2D eigenvalue weighted by molar-refractivity contribution is 5.85. The van der Waals surface area contributed by atoms with Gasteiger partial charge in [-0.2, -0.15) is 4.98 Å². The first kappa shape index (κ1) is 11.7. The summed E-state index contributed by atoms with van der Waals surface area (Å²) < 4.78 is 5.07. The molecule has 0 unspecified atom stereocenters. The lowest BCUT2D eigenvalue weighted by Gasteiger charge is -1.88. The maximum atomic E-state index is 5.39. The zero-order chi connectivity index (χ0) is 10.1. The summed E-state index contributed by atoms with van der Waals surface area (Å²) in [5.41, 5.74) is 8.43. The standard InChI is InChI=1S/C9H12N4O.ClH/c1-5-3-7(6(2)11-5)9-12-8(4-10)13-14-9;/h3,11H,4,10H2,1-2H3;1H. The molecule has 5 nitrogen and oxygen atoms in total. The fourth-order valence-corrected chi connectivity index (χ4v) is 1.39. The van der Waals surface area contributed by atoms with E-state index in [9.17, 15) is 0 Å². The highest BCUT2D eigenvalue weighted by atomic mass is 35.5. The lowest BCUT2D eigenvalue weighted by Crippen LogP contribution is -1.97. The number of rotatable bonds is 2. The molecule has 0 aliphatic rings. The Kier molecular flexibility index (Phi) is 3.49. The van der Waals surface area contributed by atoms with Crippen LogP contribution in [0.25, 0.3) is 11.5 Å². The van der Waals surface area contributed by atoms with Gasteiger partial charge in [-0.1, -0.05) is 5.16 Å². The quantitative estimate of drug-likeness (QED) is 0.818. The number of nitrogens with zero attached hydrogens (tertiary/aromatic N) is 2. The van der Waals surface area contributed by atoms with Crippen LogP contribution < -0.4 is 5.73 Å². The van der Waals surface area contributed by atoms with Gasteiger partial charge in [0.1, 0.15) is 0 Å². The van der Waals surface area contributed by atoms with Crippen LogP contribution in [0, 0.1) is 13.8 Å². The molecular formula is C9H13ClN4O. The molecule has 0 fully saturated rings. The summed E-state index contributed by atoms with van der Waals surface area (Å²) in [6.45, 7) is 4.25. The van der Waals surface area contributed by atoms with E-state index in [0.29, 0.717) is 18.3 Å². The first-order valence-corrected chi connectivity index (χ1v) is 4.40. The van der Waals surface area contributed by atoms with Gasteiger partial charge in [0.05, 0.1) is 12.1 Å². The first-order valence-electron chi connectivity index (χ1n) is 4.40. The van der Waals surface area contributed by atoms with E-state index in [0.717, 1.165) is 17.0 Å². The second kappa shape index (κ2) is 4.46. The van der Waals surface area contributed by atoms with E-state index in [1.807, 2.05) is 19.9 Å². The number of hydrogen-bond acceptors (Lipinski definition) is 4. The van der Waals surface area contributed by atoms with Crippen LogP contribution in [-0.2, 0) is 6.54 Å². The minimum absolute atomic E-state index is 0. The van der Waals surface area contributed by atoms with Crippen molar-refractivity contribution in [3.05, 3.63) is 23.3 Å². The van der Waals surface area contributed by atoms with Crippen LogP contribution >= 0.6 is 12.4 Å². The molecule has 0 atom stereocenters. The molecule has 0 spiro atoms. The normalized spacial score (nSPS) is 10.1. The largest absolute Gasteiger partial charge is 0.362 e. The zero-order valence-electron chi connectivity index (χ0n) is 8.57. The summed E-state index contributed by atoms with van der Waals surface area (Å²) in [4.78, 5) is 7.32. The van der Waals surface area contributed by atoms with E-state index in [1.54, 1.807) is 0 Å². The van der Waals surface area contributed by atoms with Gasteiger partial charge in [0, 0.05) is 11.4 Å². The lowest BCUT2D eigenvalue weighted by atomic mass is 10.2. The summed E-state index contributed by atoms with van der Waals surface area (Å²) in [6.07, 6.45) is 0. The molecule has 0 radical (unpaired) electrons. The third kappa shape index (κ3) is 2.19. The molecule has 2 aromatic rings. The summed E-state index contributed by atoms with van der Waals surface area (Å²) in [5.74, 6) is 1.05. The Balaban J connectivity index is 0.00000112. The molecule has 15 heavy (non-hydrogen) atoms. The predicted octanol–water partition coefficient (Wildman–Crippen LogP) is 1.56. The van der Waals surface area contributed by atoms with Crippen molar-refractivity contribution < 1.29 is 4.52 Å². The molecule has 0 aliphatic carbocycles. The van der Waals surface area contributed by atoms with Crippen LogP contribution in [0.5, 0.6) is 0 Å². The molecular weight excluding hydrogens is 216 g/mol. The van der Waals surface area contributed by atoms with Crippen LogP contribution in [0.3, 0.4) is 0 Å². The van der Waals surface area contributed by atoms with E-state index < -0.39 is 0 Å². The van der Waals surface area contributed by atoms with Gasteiger partial charge in [-0.25, -0.2) is 0 Å². The van der Waals surface area contributed by atoms with Gasteiger partial charge in [0.15, 0.2) is 5.82 Å². The van der Waals surface area contributed by atoms with Crippen LogP contribution in [0.4, 0.5) is 0 Å². The van der Waals surface area contributed by atoms with Crippen molar-refractivity contribution in [2.45, 2.75) is 20.4 Å². The Morgan fingerprint density at radius 3 is 2.67 bits per heavy atom. The number of aromatic amines is 1. The molecule has 82 valence electrons. The van der Waals surface area contributed by atoms with Gasteiger partial charge in [-0.3, -0.25) is 0 Å². The molecule has 0 saturated heterocycles. The van der Waals surface area contributed by atoms with Crippen molar-refractivity contribution in [1.29, 1.82) is 0 Å². The van der Waals surface area contributed by atoms with Crippen LogP contribution in [0.15, 0.2) is 10.6 Å². The molecule has 3 N–H and O–H groups in total. The van der Waals surface area contributed by atoms with Crippen LogP contribution in [0.2, 0.25) is 0 Å². The first-order chi connectivity index (χ1) is 6.70. The zero-order valence-corrected chi connectivity index (χ0v) is 9.39. The van der Waals surface area contributed by atoms with E-state index >= 15 is 0 Å². The van der Waals surface area contributed by atoms with Crippen molar-refractivity contribution in [2.75, 3.05) is 0 Å². The SMILES string of the molecule is Cc1cc(-c2nc(CN)no2)c(C)[nH]1.Cl. The summed E-state index contributed by atoms with van der Waals surface area (Å²) in [6, 6.07) is 1.98. The van der Waals surface area contributed by atoms with E-state index in [4.69, 9.17) is 10.3 Å². The molecule has 6 heteroatoms. The number of aryl methyl sites for hydroxylation is 2. The van der Waals surface area contributed by atoms with Crippen molar-refractivity contribution in [2.24, 2.45) is 5.73 Å². The second-order valence-corrected chi connectivity index (χ2v) is 3.21. The summed E-state index contributed by atoms with van der Waals surface area (Å²) in [5, 5.41) is 3.74. The number of aromatic nitrogens is 3. The van der Waals surface area contributed by atoms with Crippen LogP contribution in [0.1, 0.15) is 17.2 Å². The minimum Gasteiger partial charge on any atom is -0.362 e. The Labute approximate surface area is 93.5 Å². The van der Waals surface area contributed by atoms with Crippen molar-refractivity contribution >= 4 is 12.4 Å². The van der Waals surface area contributed by atoms with Gasteiger partial charge in [0.25, 0.3) is 5.89 Å². The van der Waals surface area contributed by atoms with Crippen molar-refractivity contribution in [3.63, 3.8) is 0 Å². The topological polar surface area (TPSA) is 80.7 Å². The maximum absolute atomic E-state index is 5.39. The molecule has 2 aromatic heterocycles. The minimum atomic E-state index is 0. The van der Waals surface area contributed by atoms with E-state index in [1.165, 1.54) is 0 Å². The Hall–Kier alpha value is -1.33. The monoisotopic (exact) mass is 228 g/mol.